The Labute approximate surface area is 69.4 Å². The molecular formula is C8H8FN3. The van der Waals surface area contributed by atoms with E-state index in [1.54, 1.807) is 13.0 Å². The van der Waals surface area contributed by atoms with Crippen LogP contribution in [-0.4, -0.2) is 18.4 Å². The van der Waals surface area contributed by atoms with E-state index in [1.165, 1.54) is 12.4 Å². The summed E-state index contributed by atoms with van der Waals surface area (Å²) in [6.45, 7) is 1.72. The van der Waals surface area contributed by atoms with Gasteiger partial charge >= 0.3 is 0 Å². The fourth-order valence-corrected chi connectivity index (χ4v) is 1.26. The van der Waals surface area contributed by atoms with Gasteiger partial charge in [0, 0.05) is 0 Å². The number of nitrogens with zero attached hydrogens (tertiary/aromatic N) is 3. The van der Waals surface area contributed by atoms with Crippen LogP contribution in [0.3, 0.4) is 0 Å². The SMILES string of the molecule is CC1=CC2N=NC=NC2C=C1F. The molecule has 0 aromatic heterocycles. The lowest BCUT2D eigenvalue weighted by atomic mass is 9.99. The lowest BCUT2D eigenvalue weighted by Gasteiger charge is -2.20. The summed E-state index contributed by atoms with van der Waals surface area (Å²) in [6.07, 6.45) is 4.59. The summed E-state index contributed by atoms with van der Waals surface area (Å²) in [6, 6.07) is -0.291. The van der Waals surface area contributed by atoms with E-state index < -0.39 is 0 Å². The molecule has 0 spiro atoms. The van der Waals surface area contributed by atoms with E-state index in [0.717, 1.165) is 0 Å². The molecule has 0 fully saturated rings. The molecule has 1 aliphatic heterocycles. The van der Waals surface area contributed by atoms with Gasteiger partial charge in [0.25, 0.3) is 0 Å². The summed E-state index contributed by atoms with van der Waals surface area (Å²) in [4.78, 5) is 3.99. The number of aliphatic imine (C=N–C) groups is 1. The average Bonchev–Trinajstić information content (AvgIpc) is 2.07. The quantitative estimate of drug-likeness (QED) is 0.526. The Balaban J connectivity index is 2.33. The highest BCUT2D eigenvalue weighted by atomic mass is 19.1. The molecule has 0 bridgehead atoms. The first kappa shape index (κ1) is 7.34. The topological polar surface area (TPSA) is 37.1 Å². The summed E-state index contributed by atoms with van der Waals surface area (Å²) < 4.78 is 13.0. The van der Waals surface area contributed by atoms with Gasteiger partial charge in [0.15, 0.2) is 0 Å². The lowest BCUT2D eigenvalue weighted by molar-refractivity contribution is 0.584. The maximum atomic E-state index is 13.0. The second-order valence-electron chi connectivity index (χ2n) is 2.84. The first-order valence-corrected chi connectivity index (χ1v) is 3.75. The summed E-state index contributed by atoms with van der Waals surface area (Å²) >= 11 is 0. The standard InChI is InChI=1S/C8H8FN3/c1-5-2-8-7(3-6(5)9)10-4-11-12-8/h2-4,7-8H,1H3. The number of azo groups is 1. The van der Waals surface area contributed by atoms with Crippen molar-refractivity contribution >= 4 is 6.34 Å². The molecule has 12 heavy (non-hydrogen) atoms. The van der Waals surface area contributed by atoms with E-state index in [9.17, 15) is 4.39 Å². The Hall–Kier alpha value is -1.32. The van der Waals surface area contributed by atoms with Crippen molar-refractivity contribution in [3.63, 3.8) is 0 Å². The maximum absolute atomic E-state index is 13.0. The van der Waals surface area contributed by atoms with Crippen molar-refractivity contribution in [1.82, 2.24) is 0 Å². The molecule has 2 unspecified atom stereocenters. The van der Waals surface area contributed by atoms with E-state index in [4.69, 9.17) is 0 Å². The minimum Gasteiger partial charge on any atom is -0.261 e. The highest BCUT2D eigenvalue weighted by molar-refractivity contribution is 5.57. The van der Waals surface area contributed by atoms with Gasteiger partial charge in [-0.1, -0.05) is 0 Å². The van der Waals surface area contributed by atoms with Crippen LogP contribution < -0.4 is 0 Å². The third-order valence-electron chi connectivity index (χ3n) is 1.95. The Morgan fingerprint density at radius 1 is 1.33 bits per heavy atom. The Morgan fingerprint density at radius 2 is 2.17 bits per heavy atom. The van der Waals surface area contributed by atoms with Crippen LogP contribution in [-0.2, 0) is 0 Å². The Bertz CT molecular complexity index is 282. The third kappa shape index (κ3) is 1.09. The molecule has 2 atom stereocenters. The van der Waals surface area contributed by atoms with Crippen molar-refractivity contribution in [3.05, 3.63) is 23.6 Å². The normalized spacial score (nSPS) is 32.5. The van der Waals surface area contributed by atoms with Crippen molar-refractivity contribution in [1.29, 1.82) is 0 Å². The van der Waals surface area contributed by atoms with E-state index >= 15 is 0 Å². The predicted molar refractivity (Wildman–Crippen MR) is 43.9 cm³/mol. The second kappa shape index (κ2) is 2.62. The molecule has 3 nitrogen and oxygen atoms in total. The van der Waals surface area contributed by atoms with Gasteiger partial charge in [-0.05, 0) is 24.6 Å². The smallest absolute Gasteiger partial charge is 0.133 e. The van der Waals surface area contributed by atoms with Gasteiger partial charge in [-0.25, -0.2) is 4.39 Å². The van der Waals surface area contributed by atoms with Crippen LogP contribution in [0, 0.1) is 0 Å². The molecule has 1 aliphatic carbocycles. The zero-order chi connectivity index (χ0) is 8.55. The molecule has 0 aromatic carbocycles. The summed E-state index contributed by atoms with van der Waals surface area (Å²) in [5, 5.41) is 7.58. The third-order valence-corrected chi connectivity index (χ3v) is 1.95. The van der Waals surface area contributed by atoms with E-state index in [1.807, 2.05) is 0 Å². The van der Waals surface area contributed by atoms with Crippen LogP contribution in [0.25, 0.3) is 0 Å². The zero-order valence-corrected chi connectivity index (χ0v) is 6.61. The Kier molecular flexibility index (Phi) is 1.60. The zero-order valence-electron chi connectivity index (χ0n) is 6.61. The van der Waals surface area contributed by atoms with Gasteiger partial charge in [0.05, 0.1) is 0 Å². The molecule has 0 amide bonds. The summed E-state index contributed by atoms with van der Waals surface area (Å²) in [7, 11) is 0. The number of rotatable bonds is 0. The minimum absolute atomic E-state index is 0.102. The van der Waals surface area contributed by atoms with Crippen molar-refractivity contribution in [3.8, 4) is 0 Å². The predicted octanol–water partition coefficient (Wildman–Crippen LogP) is 2.03. The number of allylic oxidation sites excluding steroid dienone is 2. The van der Waals surface area contributed by atoms with Crippen LogP contribution in [0.15, 0.2) is 38.8 Å². The number of hydrogen-bond donors (Lipinski definition) is 0. The van der Waals surface area contributed by atoms with Gasteiger partial charge in [0.2, 0.25) is 0 Å². The molecule has 2 rings (SSSR count). The molecular weight excluding hydrogens is 157 g/mol. The van der Waals surface area contributed by atoms with Gasteiger partial charge in [-0.15, -0.1) is 5.11 Å². The second-order valence-corrected chi connectivity index (χ2v) is 2.84. The highest BCUT2D eigenvalue weighted by Gasteiger charge is 2.23. The summed E-state index contributed by atoms with van der Waals surface area (Å²) in [5.74, 6) is -0.203. The fourth-order valence-electron chi connectivity index (χ4n) is 1.26. The monoisotopic (exact) mass is 165 g/mol. The van der Waals surface area contributed by atoms with Gasteiger partial charge in [-0.3, -0.25) is 4.99 Å². The van der Waals surface area contributed by atoms with Gasteiger partial charge in [0.1, 0.15) is 24.2 Å². The van der Waals surface area contributed by atoms with Crippen LogP contribution >= 0.6 is 0 Å². The highest BCUT2D eigenvalue weighted by Crippen LogP contribution is 2.24. The first-order valence-electron chi connectivity index (χ1n) is 3.75. The fraction of sp³-hybridized carbons (Fsp3) is 0.375. The average molecular weight is 165 g/mol. The van der Waals surface area contributed by atoms with Crippen molar-refractivity contribution in [2.45, 2.75) is 19.0 Å². The molecule has 0 aromatic rings. The van der Waals surface area contributed by atoms with Crippen molar-refractivity contribution in [2.24, 2.45) is 15.2 Å². The summed E-state index contributed by atoms with van der Waals surface area (Å²) in [5.41, 5.74) is 0.618. The first-order chi connectivity index (χ1) is 5.77. The lowest BCUT2D eigenvalue weighted by Crippen LogP contribution is -2.24. The van der Waals surface area contributed by atoms with Crippen LogP contribution in [0.5, 0.6) is 0 Å². The van der Waals surface area contributed by atoms with E-state index in [2.05, 4.69) is 15.2 Å². The number of fused-ring (bicyclic) bond motifs is 1. The van der Waals surface area contributed by atoms with Gasteiger partial charge in [-0.2, -0.15) is 5.11 Å². The number of hydrogen-bond acceptors (Lipinski definition) is 3. The molecule has 0 saturated carbocycles. The molecule has 0 radical (unpaired) electrons. The van der Waals surface area contributed by atoms with Crippen LogP contribution in [0.1, 0.15) is 6.92 Å². The maximum Gasteiger partial charge on any atom is 0.133 e. The molecule has 1 heterocycles. The van der Waals surface area contributed by atoms with Crippen molar-refractivity contribution < 1.29 is 4.39 Å². The largest absolute Gasteiger partial charge is 0.261 e. The van der Waals surface area contributed by atoms with Crippen LogP contribution in [0.2, 0.25) is 0 Å². The molecule has 0 N–H and O–H groups in total. The van der Waals surface area contributed by atoms with Crippen LogP contribution in [0.4, 0.5) is 4.39 Å². The number of halogens is 1. The van der Waals surface area contributed by atoms with Gasteiger partial charge < -0.3 is 0 Å². The molecule has 0 saturated heterocycles. The molecule has 62 valence electrons. The minimum atomic E-state index is -0.203. The van der Waals surface area contributed by atoms with Crippen molar-refractivity contribution in [2.75, 3.05) is 0 Å². The van der Waals surface area contributed by atoms with E-state index in [-0.39, 0.29) is 17.9 Å². The Morgan fingerprint density at radius 3 is 3.00 bits per heavy atom. The molecule has 4 heteroatoms. The van der Waals surface area contributed by atoms with E-state index in [0.29, 0.717) is 5.57 Å². The molecule has 2 aliphatic rings.